The van der Waals surface area contributed by atoms with E-state index in [0.717, 1.165) is 31.8 Å². The summed E-state index contributed by atoms with van der Waals surface area (Å²) >= 11 is 0. The van der Waals surface area contributed by atoms with Gasteiger partial charge in [0.1, 0.15) is 10.6 Å². The lowest BCUT2D eigenvalue weighted by Gasteiger charge is -2.26. The second kappa shape index (κ2) is 12.0. The van der Waals surface area contributed by atoms with Gasteiger partial charge in [0.25, 0.3) is 5.91 Å². The second-order valence-electron chi connectivity index (χ2n) is 7.87. The number of morpholine rings is 1. The van der Waals surface area contributed by atoms with Gasteiger partial charge in [0.2, 0.25) is 10.0 Å². The van der Waals surface area contributed by atoms with Crippen LogP contribution in [-0.4, -0.2) is 76.7 Å². The normalized spacial score (nSPS) is 17.4. The van der Waals surface area contributed by atoms with E-state index in [9.17, 15) is 22.8 Å². The zero-order valence-electron chi connectivity index (χ0n) is 18.9. The van der Waals surface area contributed by atoms with Crippen molar-refractivity contribution in [2.45, 2.75) is 36.6 Å². The van der Waals surface area contributed by atoms with Gasteiger partial charge in [-0.05, 0) is 36.6 Å². The Morgan fingerprint density at radius 2 is 1.88 bits per heavy atom. The first-order chi connectivity index (χ1) is 16.3. The van der Waals surface area contributed by atoms with E-state index in [0.29, 0.717) is 18.8 Å². The van der Waals surface area contributed by atoms with Crippen LogP contribution in [-0.2, 0) is 29.1 Å². The zero-order chi connectivity index (χ0) is 24.6. The number of carbonyl (C=O) groups is 3. The second-order valence-corrected chi connectivity index (χ2v) is 9.78. The van der Waals surface area contributed by atoms with E-state index in [-0.39, 0.29) is 29.8 Å². The molecule has 186 valence electrons. The highest BCUT2D eigenvalue weighted by atomic mass is 32.2. The summed E-state index contributed by atoms with van der Waals surface area (Å²) in [6.45, 7) is 0.462. The SMILES string of the molecule is COc1ccc(C=CC(=O)OCC(=O)NC(=O)NC2CCCC2)cc1S(=O)(=O)N1CCOCC1. The van der Waals surface area contributed by atoms with E-state index < -0.39 is 34.5 Å². The van der Waals surface area contributed by atoms with E-state index >= 15 is 0 Å². The predicted molar refractivity (Wildman–Crippen MR) is 121 cm³/mol. The van der Waals surface area contributed by atoms with Gasteiger partial charge in [-0.1, -0.05) is 18.9 Å². The molecule has 1 saturated carbocycles. The Balaban J connectivity index is 1.56. The molecular formula is C22H29N3O8S. The van der Waals surface area contributed by atoms with Crippen LogP contribution in [0.15, 0.2) is 29.2 Å². The molecule has 0 unspecified atom stereocenters. The number of nitrogens with zero attached hydrogens (tertiary/aromatic N) is 1. The molecule has 34 heavy (non-hydrogen) atoms. The molecule has 3 rings (SSSR count). The fourth-order valence-corrected chi connectivity index (χ4v) is 5.33. The molecule has 1 aliphatic carbocycles. The third-order valence-electron chi connectivity index (χ3n) is 5.48. The van der Waals surface area contributed by atoms with Crippen molar-refractivity contribution >= 4 is 34.0 Å². The molecule has 2 fully saturated rings. The van der Waals surface area contributed by atoms with Crippen LogP contribution >= 0.6 is 0 Å². The number of sulfonamides is 1. The third-order valence-corrected chi connectivity index (χ3v) is 7.40. The average molecular weight is 496 g/mol. The van der Waals surface area contributed by atoms with Crippen molar-refractivity contribution in [3.05, 3.63) is 29.8 Å². The first-order valence-electron chi connectivity index (χ1n) is 11.0. The van der Waals surface area contributed by atoms with Gasteiger partial charge < -0.3 is 19.5 Å². The summed E-state index contributed by atoms with van der Waals surface area (Å²) in [6.07, 6.45) is 6.27. The average Bonchev–Trinajstić information content (AvgIpc) is 3.34. The molecule has 12 heteroatoms. The number of nitrogens with one attached hydrogen (secondary N) is 2. The van der Waals surface area contributed by atoms with Gasteiger partial charge >= 0.3 is 12.0 Å². The number of rotatable bonds is 8. The number of benzene rings is 1. The maximum atomic E-state index is 13.0. The lowest BCUT2D eigenvalue weighted by Crippen LogP contribution is -2.44. The number of hydrogen-bond donors (Lipinski definition) is 2. The molecule has 3 amide bonds. The molecule has 11 nitrogen and oxygen atoms in total. The molecule has 0 atom stereocenters. The number of esters is 1. The van der Waals surface area contributed by atoms with Crippen LogP contribution in [0.5, 0.6) is 5.75 Å². The molecule has 1 saturated heterocycles. The maximum Gasteiger partial charge on any atom is 0.331 e. The van der Waals surface area contributed by atoms with Gasteiger partial charge in [-0.2, -0.15) is 4.31 Å². The molecular weight excluding hydrogens is 466 g/mol. The molecule has 1 aromatic carbocycles. The van der Waals surface area contributed by atoms with Gasteiger partial charge in [0, 0.05) is 25.2 Å². The van der Waals surface area contributed by atoms with Gasteiger partial charge in [-0.15, -0.1) is 0 Å². The molecule has 0 radical (unpaired) electrons. The van der Waals surface area contributed by atoms with Gasteiger partial charge in [0.05, 0.1) is 20.3 Å². The molecule has 0 bridgehead atoms. The number of carbonyl (C=O) groups excluding carboxylic acids is 3. The summed E-state index contributed by atoms with van der Waals surface area (Å²) in [5.41, 5.74) is 0.421. The van der Waals surface area contributed by atoms with Crippen LogP contribution in [0.4, 0.5) is 4.79 Å². The Morgan fingerprint density at radius 3 is 2.56 bits per heavy atom. The smallest absolute Gasteiger partial charge is 0.331 e. The fraction of sp³-hybridized carbons (Fsp3) is 0.500. The van der Waals surface area contributed by atoms with Crippen molar-refractivity contribution in [3.8, 4) is 5.75 Å². The van der Waals surface area contributed by atoms with Crippen molar-refractivity contribution in [2.75, 3.05) is 40.0 Å². The summed E-state index contributed by atoms with van der Waals surface area (Å²) in [5.74, 6) is -1.39. The Kier molecular flexibility index (Phi) is 9.02. The van der Waals surface area contributed by atoms with Crippen molar-refractivity contribution < 1.29 is 37.0 Å². The fourth-order valence-electron chi connectivity index (χ4n) is 3.73. The number of ether oxygens (including phenoxy) is 3. The van der Waals surface area contributed by atoms with Crippen molar-refractivity contribution in [2.24, 2.45) is 0 Å². The van der Waals surface area contributed by atoms with Gasteiger partial charge in [-0.3, -0.25) is 10.1 Å². The number of urea groups is 1. The van der Waals surface area contributed by atoms with Crippen LogP contribution in [0.2, 0.25) is 0 Å². The highest BCUT2D eigenvalue weighted by Gasteiger charge is 2.29. The number of imide groups is 1. The first-order valence-corrected chi connectivity index (χ1v) is 12.4. The summed E-state index contributed by atoms with van der Waals surface area (Å²) in [5, 5.41) is 4.82. The van der Waals surface area contributed by atoms with E-state index in [1.807, 2.05) is 0 Å². The summed E-state index contributed by atoms with van der Waals surface area (Å²) in [7, 11) is -2.45. The van der Waals surface area contributed by atoms with Crippen LogP contribution < -0.4 is 15.4 Å². The number of methoxy groups -OCH3 is 1. The summed E-state index contributed by atoms with van der Waals surface area (Å²) in [4.78, 5) is 35.5. The molecule has 0 aromatic heterocycles. The topological polar surface area (TPSA) is 140 Å². The Labute approximate surface area is 198 Å². The quantitative estimate of drug-likeness (QED) is 0.403. The summed E-state index contributed by atoms with van der Waals surface area (Å²) < 4.78 is 42.7. The predicted octanol–water partition coefficient (Wildman–Crippen LogP) is 1.04. The van der Waals surface area contributed by atoms with Crippen molar-refractivity contribution in [1.29, 1.82) is 0 Å². The van der Waals surface area contributed by atoms with E-state index in [4.69, 9.17) is 14.2 Å². The third kappa shape index (κ3) is 7.02. The van der Waals surface area contributed by atoms with E-state index in [1.54, 1.807) is 6.07 Å². The monoisotopic (exact) mass is 495 g/mol. The number of hydrogen-bond acceptors (Lipinski definition) is 8. The Morgan fingerprint density at radius 1 is 1.18 bits per heavy atom. The standard InChI is InChI=1S/C22H29N3O8S/c1-31-18-8-6-16(14-19(18)34(29,30)25-10-12-32-13-11-25)7-9-21(27)33-15-20(26)24-22(28)23-17-4-2-3-5-17/h6-9,14,17H,2-5,10-13,15H2,1H3,(H2,23,24,26,28). The van der Waals surface area contributed by atoms with Crippen LogP contribution in [0.1, 0.15) is 31.2 Å². The van der Waals surface area contributed by atoms with Gasteiger partial charge in [-0.25, -0.2) is 18.0 Å². The Bertz CT molecular complexity index is 1030. The van der Waals surface area contributed by atoms with Crippen molar-refractivity contribution in [3.63, 3.8) is 0 Å². The lowest BCUT2D eigenvalue weighted by molar-refractivity contribution is -0.143. The molecule has 0 spiro atoms. The molecule has 1 aliphatic heterocycles. The van der Waals surface area contributed by atoms with E-state index in [2.05, 4.69) is 10.6 Å². The molecule has 1 aromatic rings. The van der Waals surface area contributed by atoms with E-state index in [1.165, 1.54) is 29.6 Å². The van der Waals surface area contributed by atoms with Gasteiger partial charge in [0.15, 0.2) is 6.61 Å². The minimum Gasteiger partial charge on any atom is -0.495 e. The zero-order valence-corrected chi connectivity index (χ0v) is 19.8. The lowest BCUT2D eigenvalue weighted by atomic mass is 10.2. The van der Waals surface area contributed by atoms with Crippen LogP contribution in [0.25, 0.3) is 6.08 Å². The Hall–Kier alpha value is -2.96. The summed E-state index contributed by atoms with van der Waals surface area (Å²) in [6, 6.07) is 3.92. The highest BCUT2D eigenvalue weighted by molar-refractivity contribution is 7.89. The minimum atomic E-state index is -3.82. The van der Waals surface area contributed by atoms with Crippen LogP contribution in [0, 0.1) is 0 Å². The first kappa shape index (κ1) is 25.7. The number of amides is 3. The van der Waals surface area contributed by atoms with Crippen LogP contribution in [0.3, 0.4) is 0 Å². The highest BCUT2D eigenvalue weighted by Crippen LogP contribution is 2.28. The molecule has 1 heterocycles. The van der Waals surface area contributed by atoms with Crippen molar-refractivity contribution in [1.82, 2.24) is 14.9 Å². The molecule has 2 N–H and O–H groups in total. The molecule has 2 aliphatic rings. The largest absolute Gasteiger partial charge is 0.495 e. The minimum absolute atomic E-state index is 0.0277. The maximum absolute atomic E-state index is 13.0.